The van der Waals surface area contributed by atoms with Crippen molar-refractivity contribution in [2.24, 2.45) is 5.92 Å². The maximum atomic E-state index is 11.4. The Labute approximate surface area is 94.2 Å². The SMILES string of the molecule is COc1c(NC(C)C2CCC2)nc[nH]c1=O. The van der Waals surface area contributed by atoms with E-state index in [0.717, 1.165) is 0 Å². The summed E-state index contributed by atoms with van der Waals surface area (Å²) >= 11 is 0. The quantitative estimate of drug-likeness (QED) is 0.809. The molecule has 0 bridgehead atoms. The highest BCUT2D eigenvalue weighted by Crippen LogP contribution is 2.31. The van der Waals surface area contributed by atoms with Gasteiger partial charge in [0.05, 0.1) is 13.4 Å². The van der Waals surface area contributed by atoms with Crippen LogP contribution in [0.3, 0.4) is 0 Å². The number of aromatic nitrogens is 2. The van der Waals surface area contributed by atoms with Gasteiger partial charge >= 0.3 is 0 Å². The van der Waals surface area contributed by atoms with Gasteiger partial charge in [0.2, 0.25) is 5.75 Å². The van der Waals surface area contributed by atoms with E-state index in [2.05, 4.69) is 22.2 Å². The van der Waals surface area contributed by atoms with Crippen LogP contribution in [0.4, 0.5) is 5.82 Å². The molecule has 1 aromatic heterocycles. The smallest absolute Gasteiger partial charge is 0.295 e. The fourth-order valence-corrected chi connectivity index (χ4v) is 1.95. The lowest BCUT2D eigenvalue weighted by atomic mass is 9.80. The Morgan fingerprint density at radius 1 is 1.62 bits per heavy atom. The van der Waals surface area contributed by atoms with Gasteiger partial charge in [0.25, 0.3) is 5.56 Å². The van der Waals surface area contributed by atoms with E-state index < -0.39 is 0 Å². The first-order chi connectivity index (χ1) is 7.72. The molecule has 0 aliphatic heterocycles. The summed E-state index contributed by atoms with van der Waals surface area (Å²) in [4.78, 5) is 18.0. The summed E-state index contributed by atoms with van der Waals surface area (Å²) in [6, 6.07) is 0.331. The van der Waals surface area contributed by atoms with Crippen LogP contribution >= 0.6 is 0 Å². The molecule has 5 heteroatoms. The molecule has 1 unspecified atom stereocenters. The summed E-state index contributed by atoms with van der Waals surface area (Å²) in [6.45, 7) is 2.12. The number of nitrogens with zero attached hydrogens (tertiary/aromatic N) is 1. The van der Waals surface area contributed by atoms with E-state index >= 15 is 0 Å². The standard InChI is InChI=1S/C11H17N3O2/c1-7(8-4-3-5-8)14-10-9(16-2)11(15)13-6-12-10/h6-8H,3-5H2,1-2H3,(H2,12,13,14,15). The van der Waals surface area contributed by atoms with Gasteiger partial charge in [-0.15, -0.1) is 0 Å². The number of H-pyrrole nitrogens is 1. The van der Waals surface area contributed by atoms with Gasteiger partial charge in [-0.2, -0.15) is 0 Å². The lowest BCUT2D eigenvalue weighted by Crippen LogP contribution is -2.31. The zero-order valence-corrected chi connectivity index (χ0v) is 9.62. The number of nitrogens with one attached hydrogen (secondary N) is 2. The number of ether oxygens (including phenoxy) is 1. The predicted octanol–water partition coefficient (Wildman–Crippen LogP) is 1.38. The third-order valence-corrected chi connectivity index (χ3v) is 3.24. The Morgan fingerprint density at radius 2 is 2.38 bits per heavy atom. The monoisotopic (exact) mass is 223 g/mol. The molecule has 88 valence electrons. The normalized spacial score (nSPS) is 17.6. The molecule has 1 saturated carbocycles. The largest absolute Gasteiger partial charge is 0.489 e. The van der Waals surface area contributed by atoms with Crippen LogP contribution in [0.5, 0.6) is 5.75 Å². The van der Waals surface area contributed by atoms with Crippen molar-refractivity contribution in [3.05, 3.63) is 16.7 Å². The molecule has 1 aliphatic rings. The summed E-state index contributed by atoms with van der Waals surface area (Å²) in [7, 11) is 1.48. The number of methoxy groups -OCH3 is 1. The Balaban J connectivity index is 2.13. The fourth-order valence-electron chi connectivity index (χ4n) is 1.95. The summed E-state index contributed by atoms with van der Waals surface area (Å²) in [5.41, 5.74) is -0.249. The van der Waals surface area contributed by atoms with Crippen LogP contribution in [0.2, 0.25) is 0 Å². The van der Waals surface area contributed by atoms with Crippen molar-refractivity contribution in [2.75, 3.05) is 12.4 Å². The lowest BCUT2D eigenvalue weighted by Gasteiger charge is -2.32. The summed E-state index contributed by atoms with van der Waals surface area (Å²) < 4.78 is 5.04. The average Bonchev–Trinajstić information content (AvgIpc) is 2.15. The van der Waals surface area contributed by atoms with Crippen molar-refractivity contribution < 1.29 is 4.74 Å². The van der Waals surface area contributed by atoms with Gasteiger partial charge in [0.15, 0.2) is 5.82 Å². The fraction of sp³-hybridized carbons (Fsp3) is 0.636. The van der Waals surface area contributed by atoms with Gasteiger partial charge in [-0.05, 0) is 25.7 Å². The van der Waals surface area contributed by atoms with Gasteiger partial charge < -0.3 is 15.0 Å². The van der Waals surface area contributed by atoms with Crippen molar-refractivity contribution in [1.29, 1.82) is 0 Å². The topological polar surface area (TPSA) is 67.0 Å². The summed E-state index contributed by atoms with van der Waals surface area (Å²) in [5, 5.41) is 3.25. The maximum Gasteiger partial charge on any atom is 0.295 e. The van der Waals surface area contributed by atoms with Crippen LogP contribution in [0, 0.1) is 5.92 Å². The molecule has 1 aliphatic carbocycles. The zero-order valence-electron chi connectivity index (χ0n) is 9.62. The highest BCUT2D eigenvalue weighted by molar-refractivity contribution is 5.48. The van der Waals surface area contributed by atoms with Crippen LogP contribution in [-0.2, 0) is 0 Å². The van der Waals surface area contributed by atoms with E-state index in [4.69, 9.17) is 4.74 Å². The van der Waals surface area contributed by atoms with E-state index in [1.54, 1.807) is 0 Å². The molecule has 2 rings (SSSR count). The Morgan fingerprint density at radius 3 is 2.94 bits per heavy atom. The third kappa shape index (κ3) is 2.03. The summed E-state index contributed by atoms with van der Waals surface area (Å²) in [6.07, 6.45) is 5.19. The number of hydrogen-bond donors (Lipinski definition) is 2. The highest BCUT2D eigenvalue weighted by atomic mass is 16.5. The first-order valence-electron chi connectivity index (χ1n) is 5.60. The second kappa shape index (κ2) is 4.55. The zero-order chi connectivity index (χ0) is 11.5. The second-order valence-corrected chi connectivity index (χ2v) is 4.24. The molecule has 0 saturated heterocycles. The average molecular weight is 223 g/mol. The van der Waals surface area contributed by atoms with Gasteiger partial charge in [-0.25, -0.2) is 4.98 Å². The molecule has 1 heterocycles. The molecule has 0 aromatic carbocycles. The van der Waals surface area contributed by atoms with Crippen molar-refractivity contribution in [3.8, 4) is 5.75 Å². The molecule has 1 aromatic rings. The number of rotatable bonds is 4. The van der Waals surface area contributed by atoms with E-state index in [9.17, 15) is 4.79 Å². The molecule has 0 amide bonds. The molecule has 0 spiro atoms. The van der Waals surface area contributed by atoms with Gasteiger partial charge in [-0.1, -0.05) is 6.42 Å². The van der Waals surface area contributed by atoms with E-state index in [1.807, 2.05) is 0 Å². The minimum atomic E-state index is -0.249. The van der Waals surface area contributed by atoms with Crippen molar-refractivity contribution >= 4 is 5.82 Å². The minimum absolute atomic E-state index is 0.249. The van der Waals surface area contributed by atoms with E-state index in [0.29, 0.717) is 17.8 Å². The number of hydrogen-bond acceptors (Lipinski definition) is 4. The molecule has 16 heavy (non-hydrogen) atoms. The van der Waals surface area contributed by atoms with Crippen molar-refractivity contribution in [2.45, 2.75) is 32.2 Å². The van der Waals surface area contributed by atoms with Crippen LogP contribution in [-0.4, -0.2) is 23.1 Å². The molecule has 5 nitrogen and oxygen atoms in total. The number of aromatic amines is 1. The van der Waals surface area contributed by atoms with Crippen LogP contribution in [0.25, 0.3) is 0 Å². The molecule has 1 fully saturated rings. The van der Waals surface area contributed by atoms with Gasteiger partial charge in [-0.3, -0.25) is 4.79 Å². The van der Waals surface area contributed by atoms with Crippen LogP contribution in [0.1, 0.15) is 26.2 Å². The highest BCUT2D eigenvalue weighted by Gasteiger charge is 2.25. The Bertz CT molecular complexity index is 412. The Kier molecular flexibility index (Phi) is 3.12. The minimum Gasteiger partial charge on any atom is -0.489 e. The molecule has 0 radical (unpaired) electrons. The molecule has 2 N–H and O–H groups in total. The van der Waals surface area contributed by atoms with Crippen molar-refractivity contribution in [3.63, 3.8) is 0 Å². The number of anilines is 1. The molecular formula is C11H17N3O2. The van der Waals surface area contributed by atoms with Crippen LogP contribution in [0.15, 0.2) is 11.1 Å². The molecular weight excluding hydrogens is 206 g/mol. The Hall–Kier alpha value is -1.52. The first kappa shape index (κ1) is 11.0. The summed E-state index contributed by atoms with van der Waals surface area (Å²) in [5.74, 6) is 1.48. The lowest BCUT2D eigenvalue weighted by molar-refractivity contribution is 0.284. The third-order valence-electron chi connectivity index (χ3n) is 3.24. The van der Waals surface area contributed by atoms with Gasteiger partial charge in [0, 0.05) is 6.04 Å². The molecule has 1 atom stereocenters. The first-order valence-corrected chi connectivity index (χ1v) is 5.60. The van der Waals surface area contributed by atoms with Crippen molar-refractivity contribution in [1.82, 2.24) is 9.97 Å². The van der Waals surface area contributed by atoms with Crippen LogP contribution < -0.4 is 15.6 Å². The van der Waals surface area contributed by atoms with Gasteiger partial charge in [0.1, 0.15) is 0 Å². The second-order valence-electron chi connectivity index (χ2n) is 4.24. The predicted molar refractivity (Wildman–Crippen MR) is 61.8 cm³/mol. The van der Waals surface area contributed by atoms with E-state index in [-0.39, 0.29) is 11.3 Å². The maximum absolute atomic E-state index is 11.4. The van der Waals surface area contributed by atoms with E-state index in [1.165, 1.54) is 32.7 Å².